The topological polar surface area (TPSA) is 41.1 Å². The maximum absolute atomic E-state index is 13.4. The Morgan fingerprint density at radius 3 is 2.63 bits per heavy atom. The van der Waals surface area contributed by atoms with Crippen molar-refractivity contribution in [1.82, 2.24) is 4.57 Å². The number of aliphatic imine (C=N–C) groups is 1. The van der Waals surface area contributed by atoms with Crippen LogP contribution in [0.5, 0.6) is 0 Å². The maximum Gasteiger partial charge on any atom is 0.134 e. The normalized spacial score (nSPS) is 16.1. The molecule has 5 heteroatoms. The van der Waals surface area contributed by atoms with Crippen LogP contribution in [0.3, 0.4) is 0 Å². The van der Waals surface area contributed by atoms with Crippen molar-refractivity contribution in [2.45, 2.75) is 53.5 Å². The summed E-state index contributed by atoms with van der Waals surface area (Å²) in [6.07, 6.45) is 5.05. The second-order valence-electron chi connectivity index (χ2n) is 10.6. The number of nitrogens with zero attached hydrogens (tertiary/aromatic N) is 3. The fraction of sp³-hybridized carbons (Fsp3) is 0.333. The van der Waals surface area contributed by atoms with Crippen LogP contribution in [-0.4, -0.2) is 10.8 Å². The minimum Gasteiger partial charge on any atom is -0.340 e. The van der Waals surface area contributed by atoms with Gasteiger partial charge < -0.3 is 4.57 Å². The monoisotopic (exact) mass is 483 g/mol. The summed E-state index contributed by atoms with van der Waals surface area (Å²) in [5.41, 5.74) is 6.56. The van der Waals surface area contributed by atoms with Gasteiger partial charge in [0.1, 0.15) is 16.9 Å². The number of aromatic nitrogens is 1. The standard InChI is InChI=1S/C30H30FN3S/c1-19-26(23-7-5-6-8-27(23)34(19)18-20-9-12-22(31)13-10-20)17-33-29-25(16-32)24-14-11-21(30(2,3)4)15-28(24)35-29/h5-10,12-13,17,21H,11,14-15,18H2,1-4H3/t21-/m0/s1. The van der Waals surface area contributed by atoms with Crippen LogP contribution in [-0.2, 0) is 19.4 Å². The predicted molar refractivity (Wildman–Crippen MR) is 143 cm³/mol. The minimum absolute atomic E-state index is 0.226. The Hall–Kier alpha value is -3.23. The highest BCUT2D eigenvalue weighted by Crippen LogP contribution is 2.45. The Balaban J connectivity index is 1.52. The molecule has 0 N–H and O–H groups in total. The molecule has 2 aromatic heterocycles. The van der Waals surface area contributed by atoms with Gasteiger partial charge in [0.15, 0.2) is 0 Å². The third kappa shape index (κ3) is 4.44. The Bertz CT molecular complexity index is 1460. The van der Waals surface area contributed by atoms with Crippen molar-refractivity contribution >= 4 is 33.5 Å². The lowest BCUT2D eigenvalue weighted by Crippen LogP contribution is -2.26. The van der Waals surface area contributed by atoms with Crippen LogP contribution in [0.25, 0.3) is 10.9 Å². The van der Waals surface area contributed by atoms with Crippen LogP contribution in [0, 0.1) is 35.4 Å². The van der Waals surface area contributed by atoms with E-state index in [1.54, 1.807) is 11.3 Å². The fourth-order valence-electron chi connectivity index (χ4n) is 5.24. The molecule has 3 nitrogen and oxygen atoms in total. The number of fused-ring (bicyclic) bond motifs is 2. The second kappa shape index (κ2) is 9.09. The van der Waals surface area contributed by atoms with E-state index in [2.05, 4.69) is 50.5 Å². The summed E-state index contributed by atoms with van der Waals surface area (Å²) in [5.74, 6) is 0.403. The first-order valence-corrected chi connectivity index (χ1v) is 13.0. The molecule has 0 saturated carbocycles. The molecule has 0 saturated heterocycles. The smallest absolute Gasteiger partial charge is 0.134 e. The molecule has 0 fully saturated rings. The zero-order chi connectivity index (χ0) is 24.7. The average Bonchev–Trinajstić information content (AvgIpc) is 3.32. The van der Waals surface area contributed by atoms with Gasteiger partial charge in [-0.3, -0.25) is 0 Å². The second-order valence-corrected chi connectivity index (χ2v) is 11.7. The highest BCUT2D eigenvalue weighted by Gasteiger charge is 2.32. The Morgan fingerprint density at radius 2 is 1.91 bits per heavy atom. The summed E-state index contributed by atoms with van der Waals surface area (Å²) < 4.78 is 15.7. The van der Waals surface area contributed by atoms with E-state index in [0.717, 1.165) is 57.6 Å². The minimum atomic E-state index is -0.226. The van der Waals surface area contributed by atoms with Crippen LogP contribution in [0.1, 0.15) is 60.0 Å². The Labute approximate surface area is 210 Å². The first-order valence-electron chi connectivity index (χ1n) is 12.2. The van der Waals surface area contributed by atoms with Crippen LogP contribution >= 0.6 is 11.3 Å². The van der Waals surface area contributed by atoms with Crippen LogP contribution in [0.2, 0.25) is 0 Å². The zero-order valence-electron chi connectivity index (χ0n) is 20.7. The van der Waals surface area contributed by atoms with E-state index in [9.17, 15) is 9.65 Å². The molecule has 4 aromatic rings. The number of rotatable bonds is 4. The molecule has 178 valence electrons. The molecule has 0 unspecified atom stereocenters. The summed E-state index contributed by atoms with van der Waals surface area (Å²) in [6.45, 7) is 9.69. The molecule has 2 heterocycles. The zero-order valence-corrected chi connectivity index (χ0v) is 21.5. The van der Waals surface area contributed by atoms with E-state index in [1.807, 2.05) is 30.5 Å². The number of hydrogen-bond donors (Lipinski definition) is 0. The molecular formula is C30H30FN3S. The fourth-order valence-corrected chi connectivity index (χ4v) is 6.46. The Kier molecular flexibility index (Phi) is 6.11. The van der Waals surface area contributed by atoms with Gasteiger partial charge in [-0.25, -0.2) is 9.38 Å². The molecule has 5 rings (SSSR count). The van der Waals surface area contributed by atoms with Crippen molar-refractivity contribution < 1.29 is 4.39 Å². The maximum atomic E-state index is 13.4. The van der Waals surface area contributed by atoms with Gasteiger partial charge in [-0.1, -0.05) is 51.1 Å². The van der Waals surface area contributed by atoms with Gasteiger partial charge in [-0.05, 0) is 66.8 Å². The van der Waals surface area contributed by atoms with Gasteiger partial charge >= 0.3 is 0 Å². The van der Waals surface area contributed by atoms with Crippen molar-refractivity contribution in [2.75, 3.05) is 0 Å². The molecule has 1 atom stereocenters. The van der Waals surface area contributed by atoms with E-state index in [4.69, 9.17) is 4.99 Å². The lowest BCUT2D eigenvalue weighted by atomic mass is 9.72. The van der Waals surface area contributed by atoms with Crippen LogP contribution in [0.4, 0.5) is 9.39 Å². The van der Waals surface area contributed by atoms with E-state index in [1.165, 1.54) is 22.6 Å². The van der Waals surface area contributed by atoms with Gasteiger partial charge in [0.2, 0.25) is 0 Å². The van der Waals surface area contributed by atoms with Gasteiger partial charge in [-0.15, -0.1) is 11.3 Å². The molecule has 0 amide bonds. The highest BCUT2D eigenvalue weighted by atomic mass is 32.1. The molecule has 0 bridgehead atoms. The largest absolute Gasteiger partial charge is 0.340 e. The van der Waals surface area contributed by atoms with Crippen molar-refractivity contribution in [3.05, 3.63) is 87.2 Å². The van der Waals surface area contributed by atoms with Crippen molar-refractivity contribution in [3.8, 4) is 6.07 Å². The molecule has 0 radical (unpaired) electrons. The molecule has 0 spiro atoms. The van der Waals surface area contributed by atoms with Crippen molar-refractivity contribution in [3.63, 3.8) is 0 Å². The number of thiophene rings is 1. The summed E-state index contributed by atoms with van der Waals surface area (Å²) in [5, 5.41) is 11.9. The first-order chi connectivity index (χ1) is 16.8. The number of para-hydroxylation sites is 1. The van der Waals surface area contributed by atoms with Crippen LogP contribution < -0.4 is 0 Å². The summed E-state index contributed by atoms with van der Waals surface area (Å²) in [6, 6.07) is 17.4. The number of benzene rings is 2. The van der Waals surface area contributed by atoms with Crippen molar-refractivity contribution in [1.29, 1.82) is 5.26 Å². The number of hydrogen-bond acceptors (Lipinski definition) is 3. The third-order valence-electron chi connectivity index (χ3n) is 7.43. The lowest BCUT2D eigenvalue weighted by Gasteiger charge is -2.33. The van der Waals surface area contributed by atoms with Gasteiger partial charge in [0.05, 0.1) is 5.56 Å². The molecule has 1 aliphatic rings. The SMILES string of the molecule is Cc1c(C=Nc2sc3c(c2C#N)CC[C@H](C(C)(C)C)C3)c2ccccc2n1Cc1ccc(F)cc1. The summed E-state index contributed by atoms with van der Waals surface area (Å²) in [4.78, 5) is 6.22. The third-order valence-corrected chi connectivity index (χ3v) is 8.59. The summed E-state index contributed by atoms with van der Waals surface area (Å²) in [7, 11) is 0. The number of halogens is 1. The van der Waals surface area contributed by atoms with Gasteiger partial charge in [-0.2, -0.15) is 5.26 Å². The molecular weight excluding hydrogens is 453 g/mol. The first kappa shape index (κ1) is 23.5. The average molecular weight is 484 g/mol. The van der Waals surface area contributed by atoms with E-state index in [-0.39, 0.29) is 11.2 Å². The van der Waals surface area contributed by atoms with Crippen molar-refractivity contribution in [2.24, 2.45) is 16.3 Å². The molecule has 0 aliphatic heterocycles. The summed E-state index contributed by atoms with van der Waals surface area (Å²) >= 11 is 1.68. The predicted octanol–water partition coefficient (Wildman–Crippen LogP) is 7.97. The molecule has 35 heavy (non-hydrogen) atoms. The highest BCUT2D eigenvalue weighted by molar-refractivity contribution is 7.16. The van der Waals surface area contributed by atoms with Gasteiger partial charge in [0, 0.05) is 39.8 Å². The molecule has 1 aliphatic carbocycles. The van der Waals surface area contributed by atoms with E-state index >= 15 is 0 Å². The molecule has 2 aromatic carbocycles. The quantitative estimate of drug-likeness (QED) is 0.271. The van der Waals surface area contributed by atoms with E-state index < -0.39 is 0 Å². The van der Waals surface area contributed by atoms with E-state index in [0.29, 0.717) is 12.5 Å². The van der Waals surface area contributed by atoms with Gasteiger partial charge in [0.25, 0.3) is 0 Å². The lowest BCUT2D eigenvalue weighted by molar-refractivity contribution is 0.218. The number of nitriles is 1. The Morgan fingerprint density at radius 1 is 1.17 bits per heavy atom. The van der Waals surface area contributed by atoms with Crippen LogP contribution in [0.15, 0.2) is 53.5 Å².